The quantitative estimate of drug-likeness (QED) is 0.674. The van der Waals surface area contributed by atoms with Gasteiger partial charge < -0.3 is 9.84 Å². The van der Waals surface area contributed by atoms with Gasteiger partial charge in [-0.15, -0.1) is 13.2 Å². The predicted molar refractivity (Wildman–Crippen MR) is 73.3 cm³/mol. The second-order valence-corrected chi connectivity index (χ2v) is 4.12. The number of carboxylic acids is 1. The zero-order chi connectivity index (χ0) is 15.6. The van der Waals surface area contributed by atoms with E-state index in [-0.39, 0.29) is 68.1 Å². The van der Waals surface area contributed by atoms with Crippen molar-refractivity contribution in [3.05, 3.63) is 41.3 Å². The fourth-order valence-electron chi connectivity index (χ4n) is 1.50. The van der Waals surface area contributed by atoms with Crippen LogP contribution >= 0.6 is 11.6 Å². The van der Waals surface area contributed by atoms with Crippen LogP contribution in [0.1, 0.15) is 10.5 Å². The molecule has 0 aliphatic heterocycles. The number of alkyl halides is 3. The van der Waals surface area contributed by atoms with Gasteiger partial charge in [-0.2, -0.15) is 0 Å². The van der Waals surface area contributed by atoms with Crippen LogP contribution in [0.3, 0.4) is 0 Å². The summed E-state index contributed by atoms with van der Waals surface area (Å²) in [5.41, 5.74) is 0.225. The number of benzene rings is 1. The van der Waals surface area contributed by atoms with Crippen molar-refractivity contribution in [3.63, 3.8) is 0 Å². The van der Waals surface area contributed by atoms with Crippen molar-refractivity contribution in [2.45, 2.75) is 6.36 Å². The SMILES string of the molecule is O=C(O)c1cc(-c2ccc(OC(F)(F)F)cc2)nc(Cl)n1.[KH]. The van der Waals surface area contributed by atoms with E-state index in [0.29, 0.717) is 5.56 Å². The summed E-state index contributed by atoms with van der Waals surface area (Å²) in [5, 5.41) is 8.58. The number of aromatic nitrogens is 2. The minimum absolute atomic E-state index is 0. The van der Waals surface area contributed by atoms with E-state index >= 15 is 0 Å². The molecule has 112 valence electrons. The molecular weight excluding hydrogens is 352 g/mol. The Hall–Kier alpha value is -0.714. The Labute approximate surface area is 169 Å². The van der Waals surface area contributed by atoms with Crippen molar-refractivity contribution in [3.8, 4) is 17.0 Å². The Balaban J connectivity index is 0.00000242. The van der Waals surface area contributed by atoms with Crippen LogP contribution in [0.25, 0.3) is 11.3 Å². The molecule has 0 saturated heterocycles. The normalized spacial score (nSPS) is 10.7. The number of aromatic carboxylic acids is 1. The molecule has 1 N–H and O–H groups in total. The molecule has 1 heterocycles. The number of carbonyl (C=O) groups is 1. The Morgan fingerprint density at radius 1 is 1.18 bits per heavy atom. The van der Waals surface area contributed by atoms with Crippen molar-refractivity contribution in [1.82, 2.24) is 9.97 Å². The zero-order valence-electron chi connectivity index (χ0n) is 10.1. The molecule has 10 heteroatoms. The van der Waals surface area contributed by atoms with Crippen molar-refractivity contribution < 1.29 is 27.8 Å². The summed E-state index contributed by atoms with van der Waals surface area (Å²) in [7, 11) is 0. The van der Waals surface area contributed by atoms with Gasteiger partial charge in [-0.05, 0) is 41.9 Å². The zero-order valence-corrected chi connectivity index (χ0v) is 10.8. The van der Waals surface area contributed by atoms with E-state index in [1.165, 1.54) is 12.1 Å². The van der Waals surface area contributed by atoms with Gasteiger partial charge >= 0.3 is 63.7 Å². The molecule has 0 radical (unpaired) electrons. The summed E-state index contributed by atoms with van der Waals surface area (Å²) in [6, 6.07) is 5.92. The van der Waals surface area contributed by atoms with Gasteiger partial charge in [0.25, 0.3) is 0 Å². The fraction of sp³-hybridized carbons (Fsp3) is 0.0833. The first-order valence-corrected chi connectivity index (χ1v) is 5.76. The molecule has 0 atom stereocenters. The van der Waals surface area contributed by atoms with Crippen LogP contribution in [0.4, 0.5) is 13.2 Å². The molecule has 0 saturated carbocycles. The molecule has 1 aromatic heterocycles. The molecule has 0 aliphatic carbocycles. The van der Waals surface area contributed by atoms with Crippen molar-refractivity contribution in [1.29, 1.82) is 0 Å². The number of ether oxygens (including phenoxy) is 1. The van der Waals surface area contributed by atoms with Crippen molar-refractivity contribution >= 4 is 69.0 Å². The molecule has 0 amide bonds. The standard InChI is InChI=1S/C12H6ClF3N2O3.K.H/c13-11-17-8(5-9(18-11)10(19)20)6-1-3-7(4-2-6)21-12(14,15)16;;/h1-5H,(H,19,20);;. The van der Waals surface area contributed by atoms with E-state index in [9.17, 15) is 18.0 Å². The number of rotatable bonds is 3. The maximum atomic E-state index is 12.0. The van der Waals surface area contributed by atoms with Crippen LogP contribution in [0, 0.1) is 0 Å². The number of hydrogen-bond acceptors (Lipinski definition) is 4. The molecule has 0 unspecified atom stereocenters. The Bertz CT molecular complexity index is 680. The first-order chi connectivity index (χ1) is 9.74. The molecule has 5 nitrogen and oxygen atoms in total. The molecule has 2 rings (SSSR count). The van der Waals surface area contributed by atoms with Crippen molar-refractivity contribution in [2.24, 2.45) is 0 Å². The minimum atomic E-state index is -4.78. The predicted octanol–water partition coefficient (Wildman–Crippen LogP) is 2.75. The van der Waals surface area contributed by atoms with Gasteiger partial charge in [-0.1, -0.05) is 0 Å². The molecule has 0 spiro atoms. The van der Waals surface area contributed by atoms with E-state index < -0.39 is 18.1 Å². The third kappa shape index (κ3) is 5.49. The third-order valence-electron chi connectivity index (χ3n) is 2.30. The van der Waals surface area contributed by atoms with Gasteiger partial charge in [0.2, 0.25) is 5.28 Å². The van der Waals surface area contributed by atoms with Crippen LogP contribution in [-0.2, 0) is 0 Å². The maximum absolute atomic E-state index is 12.0. The Morgan fingerprint density at radius 2 is 1.77 bits per heavy atom. The van der Waals surface area contributed by atoms with E-state index in [1.807, 2.05) is 0 Å². The molecule has 22 heavy (non-hydrogen) atoms. The summed E-state index contributed by atoms with van der Waals surface area (Å²) in [5.74, 6) is -1.69. The summed E-state index contributed by atoms with van der Waals surface area (Å²) in [6.07, 6.45) is -4.78. The molecular formula is C12H7ClF3KN2O3. The molecule has 0 aliphatic rings. The van der Waals surface area contributed by atoms with Crippen LogP contribution < -0.4 is 4.74 Å². The number of nitrogens with zero attached hydrogens (tertiary/aromatic N) is 2. The van der Waals surface area contributed by atoms with Gasteiger partial charge in [-0.25, -0.2) is 14.8 Å². The summed E-state index contributed by atoms with van der Waals surface area (Å²) in [6.45, 7) is 0. The Kier molecular flexibility index (Phi) is 6.77. The van der Waals surface area contributed by atoms with Gasteiger partial charge in [-0.3, -0.25) is 0 Å². The summed E-state index contributed by atoms with van der Waals surface area (Å²) in [4.78, 5) is 18.2. The van der Waals surface area contributed by atoms with Gasteiger partial charge in [0.05, 0.1) is 5.69 Å². The second kappa shape index (κ2) is 7.71. The van der Waals surface area contributed by atoms with Gasteiger partial charge in [0.1, 0.15) is 5.75 Å². The summed E-state index contributed by atoms with van der Waals surface area (Å²) >= 11 is 5.60. The Morgan fingerprint density at radius 3 is 2.27 bits per heavy atom. The van der Waals surface area contributed by atoms with Crippen LogP contribution in [0.15, 0.2) is 30.3 Å². The first-order valence-electron chi connectivity index (χ1n) is 5.39. The van der Waals surface area contributed by atoms with Gasteiger partial charge in [0.15, 0.2) is 5.69 Å². The van der Waals surface area contributed by atoms with Crippen molar-refractivity contribution in [2.75, 3.05) is 0 Å². The molecule has 1 aromatic carbocycles. The first kappa shape index (κ1) is 19.3. The summed E-state index contributed by atoms with van der Waals surface area (Å²) < 4.78 is 39.8. The van der Waals surface area contributed by atoms with Gasteiger partial charge in [0, 0.05) is 5.56 Å². The number of hydrogen-bond donors (Lipinski definition) is 1. The number of halogens is 4. The monoisotopic (exact) mass is 358 g/mol. The fourth-order valence-corrected chi connectivity index (χ4v) is 1.68. The van der Waals surface area contributed by atoms with E-state index in [2.05, 4.69) is 14.7 Å². The van der Waals surface area contributed by atoms with Crippen LogP contribution in [-0.4, -0.2) is 78.8 Å². The van der Waals surface area contributed by atoms with E-state index in [0.717, 1.165) is 18.2 Å². The van der Waals surface area contributed by atoms with Crippen LogP contribution in [0.2, 0.25) is 5.28 Å². The third-order valence-corrected chi connectivity index (χ3v) is 2.47. The average molecular weight is 359 g/mol. The van der Waals surface area contributed by atoms with Crippen LogP contribution in [0.5, 0.6) is 5.75 Å². The van der Waals surface area contributed by atoms with E-state index in [4.69, 9.17) is 16.7 Å². The topological polar surface area (TPSA) is 72.3 Å². The molecule has 0 bridgehead atoms. The molecule has 0 fully saturated rings. The second-order valence-electron chi connectivity index (χ2n) is 3.78. The average Bonchev–Trinajstić information content (AvgIpc) is 2.37. The van der Waals surface area contributed by atoms with E-state index in [1.54, 1.807) is 0 Å². The molecule has 2 aromatic rings. The number of carboxylic acid groups (broad SMARTS) is 1.